The van der Waals surface area contributed by atoms with Crippen LogP contribution < -0.4 is 5.32 Å². The van der Waals surface area contributed by atoms with Crippen LogP contribution in [0.15, 0.2) is 29.6 Å². The van der Waals surface area contributed by atoms with Crippen molar-refractivity contribution in [2.75, 3.05) is 5.32 Å². The van der Waals surface area contributed by atoms with Crippen LogP contribution >= 0.6 is 11.3 Å². The highest BCUT2D eigenvalue weighted by atomic mass is 32.1. The molecule has 98 valence electrons. The fraction of sp³-hybridized carbons (Fsp3) is 0.267. The Hall–Kier alpha value is -1.65. The number of carbonyl (C=O) groups is 1. The second-order valence-corrected chi connectivity index (χ2v) is 5.66. The SMILES string of the molecule is CCc1ccsc1C(O)c1ccc2c(c1)CC(=O)N2. The molecule has 3 rings (SSSR count). The van der Waals surface area contributed by atoms with Gasteiger partial charge in [0, 0.05) is 10.6 Å². The van der Waals surface area contributed by atoms with Crippen LogP contribution in [0.25, 0.3) is 0 Å². The molecule has 2 N–H and O–H groups in total. The molecule has 1 atom stereocenters. The molecule has 1 aromatic carbocycles. The Morgan fingerprint density at radius 2 is 2.26 bits per heavy atom. The third-order valence-corrected chi connectivity index (χ3v) is 4.49. The predicted octanol–water partition coefficient (Wildman–Crippen LogP) is 2.89. The van der Waals surface area contributed by atoms with Crippen molar-refractivity contribution in [3.63, 3.8) is 0 Å². The largest absolute Gasteiger partial charge is 0.383 e. The first-order valence-electron chi connectivity index (χ1n) is 6.36. The number of amides is 1. The number of aliphatic hydroxyl groups excluding tert-OH is 1. The van der Waals surface area contributed by atoms with Gasteiger partial charge in [-0.1, -0.05) is 19.1 Å². The number of hydrogen-bond donors (Lipinski definition) is 2. The molecular formula is C15H15NO2S. The molecule has 1 aromatic heterocycles. The van der Waals surface area contributed by atoms with Gasteiger partial charge in [0.1, 0.15) is 6.10 Å². The Balaban J connectivity index is 1.95. The van der Waals surface area contributed by atoms with E-state index in [2.05, 4.69) is 18.3 Å². The standard InChI is InChI=1S/C15H15NO2S/c1-2-9-5-6-19-15(9)14(18)10-3-4-12-11(7-10)8-13(17)16-12/h3-7,14,18H,2,8H2,1H3,(H,16,17). The minimum atomic E-state index is -0.601. The third kappa shape index (κ3) is 2.17. The molecule has 1 amide bonds. The van der Waals surface area contributed by atoms with Crippen LogP contribution in [-0.4, -0.2) is 11.0 Å². The van der Waals surface area contributed by atoms with Crippen molar-refractivity contribution in [1.82, 2.24) is 0 Å². The molecule has 0 radical (unpaired) electrons. The van der Waals surface area contributed by atoms with Gasteiger partial charge in [0.2, 0.25) is 5.91 Å². The third-order valence-electron chi connectivity index (χ3n) is 3.48. The van der Waals surface area contributed by atoms with Gasteiger partial charge >= 0.3 is 0 Å². The van der Waals surface area contributed by atoms with Gasteiger partial charge < -0.3 is 10.4 Å². The van der Waals surface area contributed by atoms with E-state index >= 15 is 0 Å². The lowest BCUT2D eigenvalue weighted by Gasteiger charge is -2.12. The summed E-state index contributed by atoms with van der Waals surface area (Å²) in [4.78, 5) is 12.3. The van der Waals surface area contributed by atoms with Gasteiger partial charge in [-0.3, -0.25) is 4.79 Å². The smallest absolute Gasteiger partial charge is 0.228 e. The molecule has 0 bridgehead atoms. The van der Waals surface area contributed by atoms with E-state index < -0.39 is 6.10 Å². The van der Waals surface area contributed by atoms with Crippen LogP contribution in [0.5, 0.6) is 0 Å². The van der Waals surface area contributed by atoms with Crippen molar-refractivity contribution >= 4 is 22.9 Å². The molecular weight excluding hydrogens is 258 g/mol. The molecule has 1 unspecified atom stereocenters. The molecule has 0 saturated carbocycles. The van der Waals surface area contributed by atoms with E-state index in [9.17, 15) is 9.90 Å². The van der Waals surface area contributed by atoms with E-state index in [4.69, 9.17) is 0 Å². The zero-order chi connectivity index (χ0) is 13.4. The fourth-order valence-corrected chi connectivity index (χ4v) is 3.46. The second kappa shape index (κ2) is 4.79. The number of thiophene rings is 1. The van der Waals surface area contributed by atoms with Crippen molar-refractivity contribution in [2.24, 2.45) is 0 Å². The first kappa shape index (κ1) is 12.4. The number of aryl methyl sites for hydroxylation is 1. The number of fused-ring (bicyclic) bond motifs is 1. The van der Waals surface area contributed by atoms with Crippen LogP contribution in [0.4, 0.5) is 5.69 Å². The Bertz CT molecular complexity index is 633. The highest BCUT2D eigenvalue weighted by molar-refractivity contribution is 7.10. The van der Waals surface area contributed by atoms with Crippen molar-refractivity contribution in [2.45, 2.75) is 25.9 Å². The van der Waals surface area contributed by atoms with E-state index in [1.165, 1.54) is 5.56 Å². The normalized spacial score (nSPS) is 15.2. The zero-order valence-electron chi connectivity index (χ0n) is 10.6. The molecule has 19 heavy (non-hydrogen) atoms. The van der Waals surface area contributed by atoms with Gasteiger partial charge in [-0.15, -0.1) is 11.3 Å². The number of anilines is 1. The Kier molecular flexibility index (Phi) is 3.12. The lowest BCUT2D eigenvalue weighted by atomic mass is 10.0. The summed E-state index contributed by atoms with van der Waals surface area (Å²) in [5, 5.41) is 15.3. The highest BCUT2D eigenvalue weighted by Gasteiger charge is 2.21. The molecule has 2 heterocycles. The quantitative estimate of drug-likeness (QED) is 0.903. The van der Waals surface area contributed by atoms with E-state index in [0.29, 0.717) is 6.42 Å². The van der Waals surface area contributed by atoms with Crippen LogP contribution in [0.3, 0.4) is 0 Å². The van der Waals surface area contributed by atoms with Gasteiger partial charge in [-0.2, -0.15) is 0 Å². The Morgan fingerprint density at radius 1 is 1.42 bits per heavy atom. The van der Waals surface area contributed by atoms with Gasteiger partial charge in [0.05, 0.1) is 6.42 Å². The summed E-state index contributed by atoms with van der Waals surface area (Å²) in [6.45, 7) is 2.09. The molecule has 3 nitrogen and oxygen atoms in total. The van der Waals surface area contributed by atoms with Crippen molar-refractivity contribution in [1.29, 1.82) is 0 Å². The van der Waals surface area contributed by atoms with Crippen LogP contribution in [0.2, 0.25) is 0 Å². The lowest BCUT2D eigenvalue weighted by Crippen LogP contribution is -2.03. The second-order valence-electron chi connectivity index (χ2n) is 4.71. The number of nitrogens with one attached hydrogen (secondary N) is 1. The van der Waals surface area contributed by atoms with Gasteiger partial charge in [-0.05, 0) is 40.6 Å². The molecule has 1 aliphatic rings. The molecule has 4 heteroatoms. The Morgan fingerprint density at radius 3 is 3.05 bits per heavy atom. The van der Waals surface area contributed by atoms with Crippen molar-refractivity contribution < 1.29 is 9.90 Å². The van der Waals surface area contributed by atoms with E-state index in [1.807, 2.05) is 23.6 Å². The van der Waals surface area contributed by atoms with E-state index in [1.54, 1.807) is 11.3 Å². The number of aliphatic hydroxyl groups is 1. The van der Waals surface area contributed by atoms with Crippen LogP contribution in [0, 0.1) is 0 Å². The number of rotatable bonds is 3. The summed E-state index contributed by atoms with van der Waals surface area (Å²) in [7, 11) is 0. The Labute approximate surface area is 115 Å². The summed E-state index contributed by atoms with van der Waals surface area (Å²) >= 11 is 1.58. The molecule has 0 fully saturated rings. The first-order chi connectivity index (χ1) is 9.19. The fourth-order valence-electron chi connectivity index (χ4n) is 2.45. The maximum atomic E-state index is 11.3. The summed E-state index contributed by atoms with van der Waals surface area (Å²) in [6.07, 6.45) is 0.720. The average Bonchev–Trinajstić information content (AvgIpc) is 3.01. The number of carbonyl (C=O) groups excluding carboxylic acids is 1. The lowest BCUT2D eigenvalue weighted by molar-refractivity contribution is -0.115. The van der Waals surface area contributed by atoms with Gasteiger partial charge in [-0.25, -0.2) is 0 Å². The maximum Gasteiger partial charge on any atom is 0.228 e. The molecule has 0 aliphatic carbocycles. The van der Waals surface area contributed by atoms with Crippen LogP contribution in [0.1, 0.15) is 34.6 Å². The molecule has 1 aliphatic heterocycles. The summed E-state index contributed by atoms with van der Waals surface area (Å²) in [5.74, 6) is 0.0204. The molecule has 2 aromatic rings. The highest BCUT2D eigenvalue weighted by Crippen LogP contribution is 2.33. The average molecular weight is 273 g/mol. The number of benzene rings is 1. The molecule has 0 saturated heterocycles. The van der Waals surface area contributed by atoms with E-state index in [0.717, 1.165) is 28.1 Å². The van der Waals surface area contributed by atoms with Crippen molar-refractivity contribution in [3.8, 4) is 0 Å². The topological polar surface area (TPSA) is 49.3 Å². The summed E-state index contributed by atoms with van der Waals surface area (Å²) in [6, 6.07) is 7.74. The van der Waals surface area contributed by atoms with Gasteiger partial charge in [0.25, 0.3) is 0 Å². The number of hydrogen-bond acceptors (Lipinski definition) is 3. The van der Waals surface area contributed by atoms with E-state index in [-0.39, 0.29) is 5.91 Å². The predicted molar refractivity (Wildman–Crippen MR) is 76.5 cm³/mol. The monoisotopic (exact) mass is 273 g/mol. The summed E-state index contributed by atoms with van der Waals surface area (Å²) < 4.78 is 0. The first-order valence-corrected chi connectivity index (χ1v) is 7.24. The zero-order valence-corrected chi connectivity index (χ0v) is 11.5. The van der Waals surface area contributed by atoms with Crippen LogP contribution in [-0.2, 0) is 17.6 Å². The minimum Gasteiger partial charge on any atom is -0.383 e. The summed E-state index contributed by atoms with van der Waals surface area (Å²) in [5.41, 5.74) is 3.87. The minimum absolute atomic E-state index is 0.0204. The van der Waals surface area contributed by atoms with Crippen molar-refractivity contribution in [3.05, 3.63) is 51.2 Å². The maximum absolute atomic E-state index is 11.3. The van der Waals surface area contributed by atoms with Gasteiger partial charge in [0.15, 0.2) is 0 Å². The molecule has 0 spiro atoms.